The van der Waals surface area contributed by atoms with Crippen molar-refractivity contribution in [1.29, 1.82) is 0 Å². The first kappa shape index (κ1) is 13.0. The van der Waals surface area contributed by atoms with Gasteiger partial charge >= 0.3 is 0 Å². The van der Waals surface area contributed by atoms with Crippen LogP contribution in [0, 0.1) is 0 Å². The molecule has 0 bridgehead atoms. The maximum absolute atomic E-state index is 12.2. The van der Waals surface area contributed by atoms with Crippen LogP contribution in [0.5, 0.6) is 0 Å². The van der Waals surface area contributed by atoms with Crippen molar-refractivity contribution in [3.63, 3.8) is 0 Å². The predicted molar refractivity (Wildman–Crippen MR) is 75.3 cm³/mol. The number of hydrogen-bond acceptors (Lipinski definition) is 3. The third-order valence-corrected chi connectivity index (χ3v) is 4.01. The Balaban J connectivity index is 2.11. The van der Waals surface area contributed by atoms with Crippen LogP contribution in [-0.4, -0.2) is 10.8 Å². The summed E-state index contributed by atoms with van der Waals surface area (Å²) >= 11 is 1.53. The van der Waals surface area contributed by atoms with Crippen LogP contribution < -0.4 is 0 Å². The summed E-state index contributed by atoms with van der Waals surface area (Å²) in [5.74, 6) is 0.179. The van der Waals surface area contributed by atoms with E-state index in [0.717, 1.165) is 29.0 Å². The first-order valence-corrected chi connectivity index (χ1v) is 7.16. The van der Waals surface area contributed by atoms with Gasteiger partial charge in [0.2, 0.25) is 0 Å². The number of Topliss-reactive ketones (excluding diaryl/α,β-unsaturated/α-hetero) is 1. The number of ketones is 1. The van der Waals surface area contributed by atoms with Crippen LogP contribution in [0.15, 0.2) is 29.8 Å². The molecule has 2 heterocycles. The maximum Gasteiger partial charge on any atom is 0.178 e. The van der Waals surface area contributed by atoms with E-state index in [4.69, 9.17) is 0 Å². The molecule has 0 spiro atoms. The lowest BCUT2D eigenvalue weighted by atomic mass is 10.1. The van der Waals surface area contributed by atoms with E-state index in [0.29, 0.717) is 6.42 Å². The highest BCUT2D eigenvalue weighted by Crippen LogP contribution is 2.19. The summed E-state index contributed by atoms with van der Waals surface area (Å²) in [6, 6.07) is 6.03. The standard InChI is InChI=1S/C15H17NOS/c1-3-11-5-6-13(16-10-11)9-14(17)15-12(4-2)7-8-18-15/h5-8,10H,3-4,9H2,1-2H3. The Labute approximate surface area is 112 Å². The lowest BCUT2D eigenvalue weighted by Crippen LogP contribution is -2.05. The molecule has 94 valence electrons. The first-order chi connectivity index (χ1) is 8.74. The zero-order valence-electron chi connectivity index (χ0n) is 10.8. The summed E-state index contributed by atoms with van der Waals surface area (Å²) in [6.07, 6.45) is 4.15. The van der Waals surface area contributed by atoms with E-state index in [9.17, 15) is 4.79 Å². The molecule has 0 aliphatic heterocycles. The molecule has 0 saturated carbocycles. The number of pyridine rings is 1. The lowest BCUT2D eigenvalue weighted by molar-refractivity contribution is 0.0995. The highest BCUT2D eigenvalue weighted by Gasteiger charge is 2.13. The van der Waals surface area contributed by atoms with Crippen molar-refractivity contribution in [2.75, 3.05) is 0 Å². The van der Waals surface area contributed by atoms with Gasteiger partial charge in [0.1, 0.15) is 0 Å². The zero-order chi connectivity index (χ0) is 13.0. The van der Waals surface area contributed by atoms with E-state index in [-0.39, 0.29) is 5.78 Å². The summed E-state index contributed by atoms with van der Waals surface area (Å²) in [4.78, 5) is 17.4. The van der Waals surface area contributed by atoms with E-state index in [1.807, 2.05) is 29.8 Å². The number of carbonyl (C=O) groups is 1. The van der Waals surface area contributed by atoms with Crippen LogP contribution in [0.25, 0.3) is 0 Å². The van der Waals surface area contributed by atoms with Crippen LogP contribution in [-0.2, 0) is 19.3 Å². The summed E-state index contributed by atoms with van der Waals surface area (Å²) in [5.41, 5.74) is 3.21. The normalized spacial score (nSPS) is 10.6. The molecule has 0 fully saturated rings. The van der Waals surface area contributed by atoms with Gasteiger partial charge < -0.3 is 0 Å². The minimum atomic E-state index is 0.179. The van der Waals surface area contributed by atoms with Crippen molar-refractivity contribution < 1.29 is 4.79 Å². The van der Waals surface area contributed by atoms with E-state index in [2.05, 4.69) is 18.8 Å². The van der Waals surface area contributed by atoms with Crippen LogP contribution in [0.3, 0.4) is 0 Å². The van der Waals surface area contributed by atoms with Gasteiger partial charge in [-0.1, -0.05) is 19.9 Å². The Bertz CT molecular complexity index is 528. The number of aromatic nitrogens is 1. The van der Waals surface area contributed by atoms with E-state index in [1.54, 1.807) is 0 Å². The fourth-order valence-corrected chi connectivity index (χ4v) is 2.81. The molecule has 0 N–H and O–H groups in total. The van der Waals surface area contributed by atoms with Crippen molar-refractivity contribution in [3.8, 4) is 0 Å². The predicted octanol–water partition coefficient (Wildman–Crippen LogP) is 3.69. The van der Waals surface area contributed by atoms with Crippen LogP contribution in [0.2, 0.25) is 0 Å². The monoisotopic (exact) mass is 259 g/mol. The van der Waals surface area contributed by atoms with E-state index < -0.39 is 0 Å². The van der Waals surface area contributed by atoms with Gasteiger partial charge in [-0.05, 0) is 41.5 Å². The minimum Gasteiger partial charge on any atom is -0.293 e. The largest absolute Gasteiger partial charge is 0.293 e. The van der Waals surface area contributed by atoms with Gasteiger partial charge in [0.15, 0.2) is 5.78 Å². The van der Waals surface area contributed by atoms with Gasteiger partial charge in [-0.3, -0.25) is 9.78 Å². The quantitative estimate of drug-likeness (QED) is 0.766. The molecule has 2 aromatic rings. The van der Waals surface area contributed by atoms with Crippen LogP contribution >= 0.6 is 11.3 Å². The van der Waals surface area contributed by atoms with E-state index in [1.165, 1.54) is 16.9 Å². The highest BCUT2D eigenvalue weighted by molar-refractivity contribution is 7.12. The van der Waals surface area contributed by atoms with Gasteiger partial charge in [-0.25, -0.2) is 0 Å². The van der Waals surface area contributed by atoms with Crippen LogP contribution in [0.1, 0.15) is 40.3 Å². The molecule has 0 amide bonds. The Morgan fingerprint density at radius 3 is 2.67 bits per heavy atom. The van der Waals surface area contributed by atoms with Gasteiger partial charge in [0.05, 0.1) is 11.3 Å². The molecule has 2 rings (SSSR count). The third-order valence-electron chi connectivity index (χ3n) is 3.02. The SMILES string of the molecule is CCc1ccc(CC(=O)c2sccc2CC)nc1. The molecule has 2 aromatic heterocycles. The van der Waals surface area contributed by atoms with Crippen molar-refractivity contribution in [1.82, 2.24) is 4.98 Å². The summed E-state index contributed by atoms with van der Waals surface area (Å²) in [5, 5.41) is 1.99. The number of aryl methyl sites for hydroxylation is 2. The van der Waals surface area contributed by atoms with Crippen molar-refractivity contribution in [2.24, 2.45) is 0 Å². The molecule has 0 aliphatic rings. The summed E-state index contributed by atoms with van der Waals surface area (Å²) in [6.45, 7) is 4.17. The molecule has 0 aromatic carbocycles. The highest BCUT2D eigenvalue weighted by atomic mass is 32.1. The third kappa shape index (κ3) is 2.85. The fraction of sp³-hybridized carbons (Fsp3) is 0.333. The topological polar surface area (TPSA) is 30.0 Å². The Morgan fingerprint density at radius 2 is 2.06 bits per heavy atom. The Hall–Kier alpha value is -1.48. The maximum atomic E-state index is 12.2. The molecule has 2 nitrogen and oxygen atoms in total. The molecule has 3 heteroatoms. The lowest BCUT2D eigenvalue weighted by Gasteiger charge is -2.02. The molecule has 18 heavy (non-hydrogen) atoms. The molecule has 0 unspecified atom stereocenters. The van der Waals surface area contributed by atoms with Crippen molar-refractivity contribution >= 4 is 17.1 Å². The number of thiophene rings is 1. The fourth-order valence-electron chi connectivity index (χ4n) is 1.87. The average Bonchev–Trinajstić information content (AvgIpc) is 2.88. The second kappa shape index (κ2) is 5.91. The molecule has 0 atom stereocenters. The molecular weight excluding hydrogens is 242 g/mol. The second-order valence-electron chi connectivity index (χ2n) is 4.24. The summed E-state index contributed by atoms with van der Waals surface area (Å²) in [7, 11) is 0. The molecule has 0 radical (unpaired) electrons. The first-order valence-electron chi connectivity index (χ1n) is 6.28. The number of carbonyl (C=O) groups excluding carboxylic acids is 1. The smallest absolute Gasteiger partial charge is 0.178 e. The Morgan fingerprint density at radius 1 is 1.22 bits per heavy atom. The van der Waals surface area contributed by atoms with Crippen molar-refractivity contribution in [3.05, 3.63) is 51.5 Å². The van der Waals surface area contributed by atoms with E-state index >= 15 is 0 Å². The summed E-state index contributed by atoms with van der Waals surface area (Å²) < 4.78 is 0. The molecule has 0 aliphatic carbocycles. The van der Waals surface area contributed by atoms with Gasteiger partial charge in [-0.2, -0.15) is 0 Å². The molecular formula is C15H17NOS. The average molecular weight is 259 g/mol. The van der Waals surface area contributed by atoms with Gasteiger partial charge in [0, 0.05) is 11.9 Å². The number of hydrogen-bond donors (Lipinski definition) is 0. The van der Waals surface area contributed by atoms with Gasteiger partial charge in [0.25, 0.3) is 0 Å². The second-order valence-corrected chi connectivity index (χ2v) is 5.16. The number of rotatable bonds is 5. The van der Waals surface area contributed by atoms with Crippen LogP contribution in [0.4, 0.5) is 0 Å². The molecule has 0 saturated heterocycles. The Kier molecular flexibility index (Phi) is 4.26. The zero-order valence-corrected chi connectivity index (χ0v) is 11.6. The number of nitrogens with zero attached hydrogens (tertiary/aromatic N) is 1. The van der Waals surface area contributed by atoms with Crippen molar-refractivity contribution in [2.45, 2.75) is 33.1 Å². The minimum absolute atomic E-state index is 0.179. The van der Waals surface area contributed by atoms with Gasteiger partial charge in [-0.15, -0.1) is 11.3 Å².